The summed E-state index contributed by atoms with van der Waals surface area (Å²) in [6.45, 7) is 0. The minimum Gasteiger partial charge on any atom is -0.233 e. The second-order valence-electron chi connectivity index (χ2n) is 5.26. The van der Waals surface area contributed by atoms with Gasteiger partial charge in [-0.3, -0.25) is 0 Å². The molecule has 1 aromatic heterocycles. The van der Waals surface area contributed by atoms with Crippen LogP contribution in [-0.2, 0) is 10.0 Å². The number of aromatic nitrogens is 1. The Morgan fingerprint density at radius 1 is 0.739 bits per heavy atom. The first-order valence-corrected chi connectivity index (χ1v) is 8.90. The average molecular weight is 342 g/mol. The molecular formula is C18H12ClNO2S. The van der Waals surface area contributed by atoms with E-state index in [0.717, 1.165) is 10.8 Å². The summed E-state index contributed by atoms with van der Waals surface area (Å²) >= 11 is 6.10. The highest BCUT2D eigenvalue weighted by molar-refractivity contribution is 7.90. The number of rotatable bonds is 2. The van der Waals surface area contributed by atoms with E-state index in [9.17, 15) is 8.42 Å². The highest BCUT2D eigenvalue weighted by Crippen LogP contribution is 2.33. The lowest BCUT2D eigenvalue weighted by atomic mass is 10.2. The van der Waals surface area contributed by atoms with Gasteiger partial charge in [0.1, 0.15) is 0 Å². The van der Waals surface area contributed by atoms with E-state index >= 15 is 0 Å². The van der Waals surface area contributed by atoms with Crippen LogP contribution in [0.15, 0.2) is 77.7 Å². The van der Waals surface area contributed by atoms with Crippen molar-refractivity contribution >= 4 is 43.4 Å². The number of halogens is 1. The molecule has 0 aliphatic carbocycles. The van der Waals surface area contributed by atoms with Crippen molar-refractivity contribution in [3.8, 4) is 0 Å². The summed E-state index contributed by atoms with van der Waals surface area (Å²) in [6.07, 6.45) is 0. The lowest BCUT2D eigenvalue weighted by Gasteiger charge is -2.09. The standard InChI is InChI=1S/C18H12ClNO2S/c19-13-10-11-18-16(12-13)15-8-4-5-9-17(15)20(18)23(21,22)14-6-2-1-3-7-14/h1-12H. The smallest absolute Gasteiger partial charge is 0.233 e. The zero-order valence-corrected chi connectivity index (χ0v) is 13.6. The molecule has 0 spiro atoms. The van der Waals surface area contributed by atoms with Gasteiger partial charge in [0.25, 0.3) is 10.0 Å². The predicted molar refractivity (Wildman–Crippen MR) is 93.5 cm³/mol. The van der Waals surface area contributed by atoms with E-state index in [-0.39, 0.29) is 4.90 Å². The molecule has 114 valence electrons. The molecule has 4 aromatic rings. The molecule has 1 heterocycles. The summed E-state index contributed by atoms with van der Waals surface area (Å²) in [6, 6.07) is 21.1. The summed E-state index contributed by atoms with van der Waals surface area (Å²) in [5.74, 6) is 0. The summed E-state index contributed by atoms with van der Waals surface area (Å²) in [5.41, 5.74) is 1.27. The van der Waals surface area contributed by atoms with Crippen LogP contribution in [0.5, 0.6) is 0 Å². The number of hydrogen-bond donors (Lipinski definition) is 0. The molecule has 0 saturated heterocycles. The van der Waals surface area contributed by atoms with Gasteiger partial charge in [-0.05, 0) is 36.4 Å². The topological polar surface area (TPSA) is 39.1 Å². The molecule has 0 atom stereocenters. The molecule has 0 radical (unpaired) electrons. The highest BCUT2D eigenvalue weighted by Gasteiger charge is 2.22. The van der Waals surface area contributed by atoms with Gasteiger partial charge < -0.3 is 0 Å². The molecule has 0 aliphatic heterocycles. The van der Waals surface area contributed by atoms with E-state index < -0.39 is 10.0 Å². The quantitative estimate of drug-likeness (QED) is 0.530. The molecule has 0 saturated carbocycles. The van der Waals surface area contributed by atoms with Gasteiger partial charge in [-0.2, -0.15) is 0 Å². The number of nitrogens with zero attached hydrogens (tertiary/aromatic N) is 1. The van der Waals surface area contributed by atoms with Gasteiger partial charge in [-0.1, -0.05) is 48.0 Å². The first-order valence-electron chi connectivity index (χ1n) is 7.08. The maximum absolute atomic E-state index is 13.1. The van der Waals surface area contributed by atoms with Crippen molar-refractivity contribution in [1.29, 1.82) is 0 Å². The predicted octanol–water partition coefficient (Wildman–Crippen LogP) is 4.68. The molecule has 5 heteroatoms. The van der Waals surface area contributed by atoms with E-state index in [0.29, 0.717) is 16.1 Å². The number of fused-ring (bicyclic) bond motifs is 3. The Labute approximate surface area is 138 Å². The summed E-state index contributed by atoms with van der Waals surface area (Å²) in [5, 5.41) is 2.27. The molecule has 0 aliphatic rings. The second kappa shape index (κ2) is 5.11. The fourth-order valence-electron chi connectivity index (χ4n) is 2.87. The van der Waals surface area contributed by atoms with Crippen molar-refractivity contribution in [1.82, 2.24) is 3.97 Å². The van der Waals surface area contributed by atoms with Crippen molar-refractivity contribution in [3.05, 3.63) is 77.8 Å². The SMILES string of the molecule is O=S(=O)(c1ccccc1)n1c2ccccc2c2cc(Cl)ccc21. The number of hydrogen-bond acceptors (Lipinski definition) is 2. The lowest BCUT2D eigenvalue weighted by molar-refractivity contribution is 0.590. The van der Waals surface area contributed by atoms with Gasteiger partial charge in [-0.25, -0.2) is 12.4 Å². The molecule has 0 amide bonds. The second-order valence-corrected chi connectivity index (χ2v) is 7.48. The van der Waals surface area contributed by atoms with E-state index in [2.05, 4.69) is 0 Å². The fraction of sp³-hybridized carbons (Fsp3) is 0. The minimum absolute atomic E-state index is 0.262. The van der Waals surface area contributed by atoms with E-state index in [4.69, 9.17) is 11.6 Å². The van der Waals surface area contributed by atoms with Crippen LogP contribution in [0.3, 0.4) is 0 Å². The maximum Gasteiger partial charge on any atom is 0.268 e. The summed E-state index contributed by atoms with van der Waals surface area (Å²) < 4.78 is 27.7. The van der Waals surface area contributed by atoms with Crippen molar-refractivity contribution in [2.45, 2.75) is 4.90 Å². The van der Waals surface area contributed by atoms with Gasteiger partial charge >= 0.3 is 0 Å². The molecule has 4 rings (SSSR count). The largest absolute Gasteiger partial charge is 0.268 e. The minimum atomic E-state index is -3.69. The molecule has 0 N–H and O–H groups in total. The van der Waals surface area contributed by atoms with Gasteiger partial charge in [-0.15, -0.1) is 0 Å². The normalized spacial score (nSPS) is 12.0. The molecule has 0 bridgehead atoms. The molecular weight excluding hydrogens is 330 g/mol. The Hall–Kier alpha value is -2.30. The molecule has 23 heavy (non-hydrogen) atoms. The zero-order valence-electron chi connectivity index (χ0n) is 12.0. The van der Waals surface area contributed by atoms with Crippen molar-refractivity contribution in [2.75, 3.05) is 0 Å². The third-order valence-corrected chi connectivity index (χ3v) is 5.85. The van der Waals surface area contributed by atoms with Crippen molar-refractivity contribution in [3.63, 3.8) is 0 Å². The van der Waals surface area contributed by atoms with Crippen LogP contribution in [0.4, 0.5) is 0 Å². The first kappa shape index (κ1) is 14.3. The number of benzene rings is 3. The zero-order chi connectivity index (χ0) is 16.0. The molecule has 0 fully saturated rings. The first-order chi connectivity index (χ1) is 11.1. The Balaban J connectivity index is 2.18. The van der Waals surface area contributed by atoms with Crippen LogP contribution >= 0.6 is 11.6 Å². The Morgan fingerprint density at radius 3 is 2.17 bits per heavy atom. The lowest BCUT2D eigenvalue weighted by Crippen LogP contribution is -2.12. The van der Waals surface area contributed by atoms with Gasteiger partial charge in [0.2, 0.25) is 0 Å². The Kier molecular flexibility index (Phi) is 3.18. The highest BCUT2D eigenvalue weighted by atomic mass is 35.5. The van der Waals surface area contributed by atoms with Crippen molar-refractivity contribution in [2.24, 2.45) is 0 Å². The molecule has 3 nitrogen and oxygen atoms in total. The van der Waals surface area contributed by atoms with Gasteiger partial charge in [0.05, 0.1) is 15.9 Å². The Morgan fingerprint density at radius 2 is 1.39 bits per heavy atom. The Bertz CT molecular complexity index is 1130. The summed E-state index contributed by atoms with van der Waals surface area (Å²) in [7, 11) is -3.69. The van der Waals surface area contributed by atoms with Crippen LogP contribution < -0.4 is 0 Å². The van der Waals surface area contributed by atoms with Crippen LogP contribution in [0.1, 0.15) is 0 Å². The molecule has 3 aromatic carbocycles. The van der Waals surface area contributed by atoms with Crippen molar-refractivity contribution < 1.29 is 8.42 Å². The van der Waals surface area contributed by atoms with E-state index in [1.807, 2.05) is 24.3 Å². The van der Waals surface area contributed by atoms with Crippen LogP contribution in [0.2, 0.25) is 5.02 Å². The van der Waals surface area contributed by atoms with E-state index in [1.165, 1.54) is 3.97 Å². The number of para-hydroxylation sites is 1. The van der Waals surface area contributed by atoms with Gasteiger partial charge in [0.15, 0.2) is 0 Å². The van der Waals surface area contributed by atoms with Crippen LogP contribution in [0.25, 0.3) is 21.8 Å². The van der Waals surface area contributed by atoms with Crippen LogP contribution in [-0.4, -0.2) is 12.4 Å². The van der Waals surface area contributed by atoms with Crippen LogP contribution in [0, 0.1) is 0 Å². The molecule has 0 unspecified atom stereocenters. The monoisotopic (exact) mass is 341 g/mol. The van der Waals surface area contributed by atoms with E-state index in [1.54, 1.807) is 48.5 Å². The van der Waals surface area contributed by atoms with Gasteiger partial charge in [0, 0.05) is 15.8 Å². The summed E-state index contributed by atoms with van der Waals surface area (Å²) in [4.78, 5) is 0.262. The fourth-order valence-corrected chi connectivity index (χ4v) is 4.59. The average Bonchev–Trinajstić information content (AvgIpc) is 2.90. The third kappa shape index (κ3) is 2.14. The maximum atomic E-state index is 13.1. The third-order valence-electron chi connectivity index (χ3n) is 3.87.